The van der Waals surface area contributed by atoms with Gasteiger partial charge < -0.3 is 13.7 Å². The Bertz CT molecular complexity index is 2290. The van der Waals surface area contributed by atoms with Crippen LogP contribution in [0.3, 0.4) is 0 Å². The van der Waals surface area contributed by atoms with E-state index in [9.17, 15) is 0 Å². The minimum atomic E-state index is 1.08. The van der Waals surface area contributed by atoms with Crippen molar-refractivity contribution < 1.29 is 0 Å². The molecule has 0 amide bonds. The van der Waals surface area contributed by atoms with Crippen LogP contribution in [0.1, 0.15) is 0 Å². The highest BCUT2D eigenvalue weighted by molar-refractivity contribution is 6.11. The lowest BCUT2D eigenvalue weighted by Gasteiger charge is -2.17. The van der Waals surface area contributed by atoms with Crippen molar-refractivity contribution in [3.05, 3.63) is 164 Å². The summed E-state index contributed by atoms with van der Waals surface area (Å²) in [6.45, 7) is 0. The maximum Gasteiger partial charge on any atom is 0.0631 e. The van der Waals surface area contributed by atoms with E-state index in [-0.39, 0.29) is 0 Å². The summed E-state index contributed by atoms with van der Waals surface area (Å²) in [5.74, 6) is 0. The van der Waals surface area contributed by atoms with Crippen LogP contribution in [0.25, 0.3) is 82.5 Å². The molecule has 0 saturated heterocycles. The molecule has 0 fully saturated rings. The largest absolute Gasteiger partial charge is 0.309 e. The highest BCUT2D eigenvalue weighted by Crippen LogP contribution is 2.38. The third-order valence-electron chi connectivity index (χ3n) is 9.26. The minimum absolute atomic E-state index is 1.08. The van der Waals surface area contributed by atoms with Gasteiger partial charge in [0, 0.05) is 26.9 Å². The van der Waals surface area contributed by atoms with Gasteiger partial charge in [0.2, 0.25) is 0 Å². The number of nitrogens with zero attached hydrogens (tertiary/aromatic N) is 3. The van der Waals surface area contributed by atoms with E-state index in [1.165, 1.54) is 49.0 Å². The Morgan fingerprint density at radius 1 is 0.333 bits per heavy atom. The standard InChI is InChI=1S/C42H25N3/c1-7-19-37-31(13-1)32-14-2-8-20-38(32)43(37)28-25-29(44-39-21-9-3-15-33(39)34-16-4-10-22-40(34)44)27-30(26-28)45-41-23-11-5-17-35(41)36-18-6-12-24-42(36)45/h1-5,7-17,19-27H. The summed E-state index contributed by atoms with van der Waals surface area (Å²) in [5, 5.41) is 7.24. The predicted octanol–water partition coefficient (Wildman–Crippen LogP) is 10.6. The number of para-hydroxylation sites is 5. The molecule has 0 unspecified atom stereocenters. The molecule has 0 N–H and O–H groups in total. The number of aromatic nitrogens is 3. The van der Waals surface area contributed by atoms with Crippen LogP contribution >= 0.6 is 0 Å². The molecule has 0 spiro atoms. The van der Waals surface area contributed by atoms with Crippen LogP contribution in [-0.4, -0.2) is 13.7 Å². The number of benzene rings is 6. The van der Waals surface area contributed by atoms with Crippen LogP contribution in [-0.2, 0) is 0 Å². The van der Waals surface area contributed by atoms with E-state index < -0.39 is 0 Å². The fourth-order valence-corrected chi connectivity index (χ4v) is 7.43. The normalized spacial score (nSPS) is 11.8. The van der Waals surface area contributed by atoms with Gasteiger partial charge in [0.15, 0.2) is 0 Å². The zero-order chi connectivity index (χ0) is 29.5. The summed E-state index contributed by atoms with van der Waals surface area (Å²) in [4.78, 5) is 0. The van der Waals surface area contributed by atoms with Gasteiger partial charge >= 0.3 is 0 Å². The molecule has 3 aromatic heterocycles. The first kappa shape index (κ1) is 24.2. The summed E-state index contributed by atoms with van der Waals surface area (Å²) >= 11 is 0. The van der Waals surface area contributed by atoms with Crippen LogP contribution in [0.4, 0.5) is 0 Å². The van der Waals surface area contributed by atoms with E-state index >= 15 is 0 Å². The maximum absolute atomic E-state index is 3.41. The summed E-state index contributed by atoms with van der Waals surface area (Å²) in [5.41, 5.74) is 10.3. The molecule has 10 aromatic rings. The third-order valence-corrected chi connectivity index (χ3v) is 9.26. The summed E-state index contributed by atoms with van der Waals surface area (Å²) in [7, 11) is 0. The minimum Gasteiger partial charge on any atom is -0.309 e. The summed E-state index contributed by atoms with van der Waals surface area (Å²) in [6, 6.07) is 61.2. The molecular weight excluding hydrogens is 546 g/mol. The Balaban J connectivity index is 1.38. The van der Waals surface area contributed by atoms with Gasteiger partial charge in [0.25, 0.3) is 0 Å². The van der Waals surface area contributed by atoms with Crippen molar-refractivity contribution >= 4 is 65.4 Å². The lowest BCUT2D eigenvalue weighted by Crippen LogP contribution is -2.03. The van der Waals surface area contributed by atoms with Crippen molar-refractivity contribution in [1.29, 1.82) is 0 Å². The average molecular weight is 572 g/mol. The number of fused-ring (bicyclic) bond motifs is 9. The number of hydrogen-bond donors (Lipinski definition) is 0. The molecule has 0 aliphatic carbocycles. The van der Waals surface area contributed by atoms with Crippen molar-refractivity contribution in [3.63, 3.8) is 0 Å². The zero-order valence-corrected chi connectivity index (χ0v) is 24.3. The van der Waals surface area contributed by atoms with Crippen molar-refractivity contribution in [2.24, 2.45) is 0 Å². The van der Waals surface area contributed by atoms with E-state index in [4.69, 9.17) is 0 Å². The van der Waals surface area contributed by atoms with E-state index in [1.807, 2.05) is 6.07 Å². The van der Waals surface area contributed by atoms with E-state index in [0.717, 1.165) is 33.5 Å². The van der Waals surface area contributed by atoms with Crippen molar-refractivity contribution in [2.75, 3.05) is 0 Å². The molecule has 0 radical (unpaired) electrons. The lowest BCUT2D eigenvalue weighted by atomic mass is 10.2. The first-order chi connectivity index (χ1) is 22.3. The predicted molar refractivity (Wildman–Crippen MR) is 187 cm³/mol. The monoisotopic (exact) mass is 571 g/mol. The van der Waals surface area contributed by atoms with Crippen molar-refractivity contribution in [3.8, 4) is 17.1 Å². The summed E-state index contributed by atoms with van der Waals surface area (Å²) in [6.07, 6.45) is 0. The third kappa shape index (κ3) is 3.37. The van der Waals surface area contributed by atoms with Crippen LogP contribution in [0.5, 0.6) is 0 Å². The molecule has 0 atom stereocenters. The Morgan fingerprint density at radius 2 is 0.667 bits per heavy atom. The summed E-state index contributed by atoms with van der Waals surface area (Å²) < 4.78 is 7.21. The van der Waals surface area contributed by atoms with Crippen molar-refractivity contribution in [1.82, 2.24) is 13.7 Å². The molecule has 45 heavy (non-hydrogen) atoms. The van der Waals surface area contributed by atoms with Gasteiger partial charge in [0.05, 0.1) is 55.5 Å². The molecule has 3 nitrogen and oxygen atoms in total. The fourth-order valence-electron chi connectivity index (χ4n) is 7.43. The number of hydrogen-bond acceptors (Lipinski definition) is 0. The van der Waals surface area contributed by atoms with Gasteiger partial charge in [-0.25, -0.2) is 0 Å². The molecule has 10 rings (SSSR count). The van der Waals surface area contributed by atoms with Gasteiger partial charge in [-0.15, -0.1) is 0 Å². The molecule has 208 valence electrons. The maximum atomic E-state index is 3.41. The van der Waals surface area contributed by atoms with Gasteiger partial charge in [-0.2, -0.15) is 0 Å². The quantitative estimate of drug-likeness (QED) is 0.200. The van der Waals surface area contributed by atoms with E-state index in [2.05, 4.69) is 171 Å². The molecular formula is C42H25N3. The van der Waals surface area contributed by atoms with Crippen LogP contribution < -0.4 is 0 Å². The van der Waals surface area contributed by atoms with Crippen molar-refractivity contribution in [2.45, 2.75) is 0 Å². The highest BCUT2D eigenvalue weighted by atomic mass is 15.0. The second kappa shape index (κ2) is 9.13. The second-order valence-corrected chi connectivity index (χ2v) is 11.7. The zero-order valence-electron chi connectivity index (χ0n) is 24.3. The molecule has 0 aliphatic heterocycles. The van der Waals surface area contributed by atoms with Gasteiger partial charge in [-0.05, 0) is 60.7 Å². The van der Waals surface area contributed by atoms with Crippen LogP contribution in [0.15, 0.2) is 152 Å². The Labute approximate surface area is 259 Å². The molecule has 0 saturated carbocycles. The second-order valence-electron chi connectivity index (χ2n) is 11.7. The SMILES string of the molecule is c1ccc2c(c#1)c1ccccc1n2-c1cc(-n2c3ccccc3c3ccccc32)cc(-n2c3ccccc3c3ccccc32)c1. The van der Waals surface area contributed by atoms with E-state index in [1.54, 1.807) is 0 Å². The average Bonchev–Trinajstić information content (AvgIpc) is 3.74. The first-order valence-corrected chi connectivity index (χ1v) is 15.3. The van der Waals surface area contributed by atoms with Gasteiger partial charge in [-0.3, -0.25) is 0 Å². The molecule has 3 heterocycles. The highest BCUT2D eigenvalue weighted by Gasteiger charge is 2.19. The Hall–Kier alpha value is -6.24. The fraction of sp³-hybridized carbons (Fsp3) is 0. The van der Waals surface area contributed by atoms with Crippen LogP contribution in [0, 0.1) is 12.1 Å². The Morgan fingerprint density at radius 3 is 1.09 bits per heavy atom. The smallest absolute Gasteiger partial charge is 0.0631 e. The lowest BCUT2D eigenvalue weighted by molar-refractivity contribution is 1.10. The molecule has 0 aliphatic rings. The molecule has 0 bridgehead atoms. The molecule has 7 aromatic carbocycles. The van der Waals surface area contributed by atoms with Gasteiger partial charge in [-0.1, -0.05) is 103 Å². The molecule has 3 heteroatoms. The van der Waals surface area contributed by atoms with Crippen LogP contribution in [0.2, 0.25) is 0 Å². The van der Waals surface area contributed by atoms with E-state index in [0.29, 0.717) is 0 Å². The van der Waals surface area contributed by atoms with Gasteiger partial charge in [0.1, 0.15) is 0 Å². The number of rotatable bonds is 3. The topological polar surface area (TPSA) is 14.8 Å². The first-order valence-electron chi connectivity index (χ1n) is 15.3. The Kier molecular flexibility index (Phi) is 4.92.